The lowest BCUT2D eigenvalue weighted by atomic mass is 10.1. The first-order chi connectivity index (χ1) is 8.44. The van der Waals surface area contributed by atoms with Crippen LogP contribution >= 0.6 is 7.82 Å². The Bertz CT molecular complexity index is 588. The van der Waals surface area contributed by atoms with Gasteiger partial charge in [-0.2, -0.15) is 0 Å². The number of benzene rings is 2. The van der Waals surface area contributed by atoms with Crippen LogP contribution in [0.3, 0.4) is 0 Å². The molecule has 0 heterocycles. The molecule has 0 amide bonds. The van der Waals surface area contributed by atoms with E-state index in [1.807, 2.05) is 6.07 Å². The van der Waals surface area contributed by atoms with Crippen molar-refractivity contribution in [2.24, 2.45) is 0 Å². The highest BCUT2D eigenvalue weighted by Gasteiger charge is 2.15. The predicted molar refractivity (Wildman–Crippen MR) is 66.2 cm³/mol. The Morgan fingerprint density at radius 1 is 0.944 bits per heavy atom. The molecule has 2 rings (SSSR count). The third kappa shape index (κ3) is 3.34. The highest BCUT2D eigenvalue weighted by Crippen LogP contribution is 2.38. The summed E-state index contributed by atoms with van der Waals surface area (Å²) in [6.45, 7) is 0. The Kier molecular flexibility index (Phi) is 3.39. The molecule has 94 valence electrons. The summed E-state index contributed by atoms with van der Waals surface area (Å²) in [7, 11) is -4.52. The van der Waals surface area contributed by atoms with Crippen LogP contribution in [0.1, 0.15) is 0 Å². The van der Waals surface area contributed by atoms with Crippen LogP contribution in [0.25, 0.3) is 11.1 Å². The van der Waals surface area contributed by atoms with E-state index in [1.54, 1.807) is 30.3 Å². The number of aromatic hydroxyl groups is 1. The maximum Gasteiger partial charge on any atom is 0.524 e. The van der Waals surface area contributed by atoms with Crippen LogP contribution < -0.4 is 4.52 Å². The number of phosphoric acid groups is 1. The Hall–Kier alpha value is -1.81. The van der Waals surface area contributed by atoms with E-state index < -0.39 is 7.82 Å². The van der Waals surface area contributed by atoms with Crippen molar-refractivity contribution in [3.63, 3.8) is 0 Å². The van der Waals surface area contributed by atoms with Gasteiger partial charge in [0.1, 0.15) is 11.5 Å². The molecule has 0 spiro atoms. The molecule has 2 aromatic rings. The van der Waals surface area contributed by atoms with Gasteiger partial charge in [-0.25, -0.2) is 4.57 Å². The van der Waals surface area contributed by atoms with Crippen molar-refractivity contribution in [3.8, 4) is 22.6 Å². The molecule has 0 saturated heterocycles. The second-order valence-corrected chi connectivity index (χ2v) is 4.82. The smallest absolute Gasteiger partial charge is 0.508 e. The second kappa shape index (κ2) is 4.82. The molecule has 3 N–H and O–H groups in total. The molecule has 18 heavy (non-hydrogen) atoms. The van der Waals surface area contributed by atoms with Gasteiger partial charge in [0.25, 0.3) is 0 Å². The van der Waals surface area contributed by atoms with Crippen molar-refractivity contribution in [3.05, 3.63) is 48.5 Å². The quantitative estimate of drug-likeness (QED) is 0.743. The first-order valence-corrected chi connectivity index (χ1v) is 6.62. The van der Waals surface area contributed by atoms with E-state index in [1.165, 1.54) is 12.1 Å². The summed E-state index contributed by atoms with van der Waals surface area (Å²) >= 11 is 0. The topological polar surface area (TPSA) is 87.0 Å². The lowest BCUT2D eigenvalue weighted by molar-refractivity contribution is 0.283. The fraction of sp³-hybridized carbons (Fsp3) is 0. The average Bonchev–Trinajstić information content (AvgIpc) is 2.28. The maximum absolute atomic E-state index is 10.6. The summed E-state index contributed by atoms with van der Waals surface area (Å²) in [5.74, 6) is 0.246. The summed E-state index contributed by atoms with van der Waals surface area (Å²) in [4.78, 5) is 17.3. The molecular weight excluding hydrogens is 255 g/mol. The summed E-state index contributed by atoms with van der Waals surface area (Å²) in [6, 6.07) is 12.9. The molecule has 0 aromatic heterocycles. The Morgan fingerprint density at radius 2 is 1.61 bits per heavy atom. The minimum absolute atomic E-state index is 0.0900. The van der Waals surface area contributed by atoms with Crippen molar-refractivity contribution in [1.29, 1.82) is 0 Å². The monoisotopic (exact) mass is 266 g/mol. The van der Waals surface area contributed by atoms with Gasteiger partial charge in [0.2, 0.25) is 0 Å². The second-order valence-electron chi connectivity index (χ2n) is 3.66. The molecule has 0 fully saturated rings. The molecule has 2 aromatic carbocycles. The van der Waals surface area contributed by atoms with Crippen molar-refractivity contribution in [1.82, 2.24) is 0 Å². The third-order valence-corrected chi connectivity index (χ3v) is 2.71. The molecule has 5 nitrogen and oxygen atoms in total. The van der Waals surface area contributed by atoms with Gasteiger partial charge in [-0.1, -0.05) is 24.3 Å². The molecule has 0 radical (unpaired) electrons. The van der Waals surface area contributed by atoms with Crippen LogP contribution in [-0.2, 0) is 4.57 Å². The molecule has 0 saturated carbocycles. The Morgan fingerprint density at radius 3 is 2.17 bits per heavy atom. The molecule has 0 aliphatic carbocycles. The molecule has 0 atom stereocenters. The van der Waals surface area contributed by atoms with Gasteiger partial charge in [-0.3, -0.25) is 9.79 Å². The lowest BCUT2D eigenvalue weighted by Gasteiger charge is -2.07. The highest BCUT2D eigenvalue weighted by molar-refractivity contribution is 7.46. The van der Waals surface area contributed by atoms with Crippen molar-refractivity contribution >= 4 is 7.82 Å². The summed E-state index contributed by atoms with van der Waals surface area (Å²) in [5.41, 5.74) is 1.61. The van der Waals surface area contributed by atoms with E-state index in [4.69, 9.17) is 9.79 Å². The fourth-order valence-electron chi connectivity index (χ4n) is 1.53. The van der Waals surface area contributed by atoms with Gasteiger partial charge in [0, 0.05) is 0 Å². The molecule has 0 aliphatic rings. The lowest BCUT2D eigenvalue weighted by Crippen LogP contribution is -1.89. The molecule has 0 aliphatic heterocycles. The van der Waals surface area contributed by atoms with Gasteiger partial charge in [-0.05, 0) is 35.4 Å². The SMILES string of the molecule is O=P(O)(O)Oc1ccc(-c2cccc(O)c2)cc1. The number of hydrogen-bond donors (Lipinski definition) is 3. The molecule has 6 heteroatoms. The van der Waals surface area contributed by atoms with Gasteiger partial charge in [0.15, 0.2) is 0 Å². The Balaban J connectivity index is 2.25. The van der Waals surface area contributed by atoms with E-state index >= 15 is 0 Å². The molecule has 0 unspecified atom stereocenters. The van der Waals surface area contributed by atoms with Gasteiger partial charge < -0.3 is 9.63 Å². The van der Waals surface area contributed by atoms with Crippen molar-refractivity contribution < 1.29 is 24.0 Å². The number of phosphoric ester groups is 1. The number of hydrogen-bond acceptors (Lipinski definition) is 3. The van der Waals surface area contributed by atoms with Gasteiger partial charge in [0.05, 0.1) is 0 Å². The van der Waals surface area contributed by atoms with E-state index in [0.29, 0.717) is 0 Å². The Labute approximate surface area is 104 Å². The van der Waals surface area contributed by atoms with Crippen LogP contribution in [0.5, 0.6) is 11.5 Å². The minimum Gasteiger partial charge on any atom is -0.508 e. The van der Waals surface area contributed by atoms with Gasteiger partial charge >= 0.3 is 7.82 Å². The average molecular weight is 266 g/mol. The van der Waals surface area contributed by atoms with Crippen LogP contribution in [0, 0.1) is 0 Å². The van der Waals surface area contributed by atoms with E-state index in [0.717, 1.165) is 11.1 Å². The minimum atomic E-state index is -4.52. The summed E-state index contributed by atoms with van der Waals surface area (Å²) < 4.78 is 15.1. The van der Waals surface area contributed by atoms with E-state index in [2.05, 4.69) is 4.52 Å². The number of phenols is 1. The summed E-state index contributed by atoms with van der Waals surface area (Å²) in [5, 5.41) is 9.35. The van der Waals surface area contributed by atoms with Crippen molar-refractivity contribution in [2.75, 3.05) is 0 Å². The standard InChI is InChI=1S/C12H11O5P/c13-11-3-1-2-10(8-11)9-4-6-12(7-5-9)17-18(14,15)16/h1-8,13H,(H2,14,15,16). The number of rotatable bonds is 3. The largest absolute Gasteiger partial charge is 0.524 e. The first kappa shape index (κ1) is 12.6. The maximum atomic E-state index is 10.6. The van der Waals surface area contributed by atoms with E-state index in [9.17, 15) is 9.67 Å². The van der Waals surface area contributed by atoms with E-state index in [-0.39, 0.29) is 11.5 Å². The van der Waals surface area contributed by atoms with Crippen molar-refractivity contribution in [2.45, 2.75) is 0 Å². The molecular formula is C12H11O5P. The highest BCUT2D eigenvalue weighted by atomic mass is 31.2. The number of phenolic OH excluding ortho intramolecular Hbond substituents is 1. The van der Waals surface area contributed by atoms with Crippen LogP contribution in [0.15, 0.2) is 48.5 Å². The molecule has 0 bridgehead atoms. The predicted octanol–water partition coefficient (Wildman–Crippen LogP) is 2.53. The zero-order valence-corrected chi connectivity index (χ0v) is 10.1. The summed E-state index contributed by atoms with van der Waals surface area (Å²) in [6.07, 6.45) is 0. The third-order valence-electron chi connectivity index (χ3n) is 2.26. The zero-order valence-electron chi connectivity index (χ0n) is 9.22. The first-order valence-electron chi connectivity index (χ1n) is 5.09. The van der Waals surface area contributed by atoms with Crippen LogP contribution in [0.4, 0.5) is 0 Å². The van der Waals surface area contributed by atoms with Gasteiger partial charge in [-0.15, -0.1) is 0 Å². The normalized spacial score (nSPS) is 11.2. The van der Waals surface area contributed by atoms with Crippen LogP contribution in [0.2, 0.25) is 0 Å². The fourth-order valence-corrected chi connectivity index (χ4v) is 1.93. The zero-order chi connectivity index (χ0) is 13.2. The van der Waals surface area contributed by atoms with Crippen LogP contribution in [-0.4, -0.2) is 14.9 Å².